The number of anilines is 1. The highest BCUT2D eigenvalue weighted by atomic mass is 15.3. The summed E-state index contributed by atoms with van der Waals surface area (Å²) in [5, 5.41) is 8.33. The third-order valence-electron chi connectivity index (χ3n) is 2.95. The van der Waals surface area contributed by atoms with Crippen molar-refractivity contribution in [1.29, 1.82) is 0 Å². The summed E-state index contributed by atoms with van der Waals surface area (Å²) in [7, 11) is 0. The Morgan fingerprint density at radius 2 is 2.14 bits per heavy atom. The molecule has 0 bridgehead atoms. The summed E-state index contributed by atoms with van der Waals surface area (Å²) in [5.41, 5.74) is 6.75. The lowest BCUT2D eigenvalue weighted by molar-refractivity contribution is 0.399. The highest BCUT2D eigenvalue weighted by Gasteiger charge is 2.24. The zero-order valence-electron chi connectivity index (χ0n) is 7.85. The van der Waals surface area contributed by atoms with Crippen LogP contribution < -0.4 is 5.73 Å². The molecular weight excluding hydrogens is 176 g/mol. The van der Waals surface area contributed by atoms with E-state index in [1.807, 2.05) is 22.6 Å². The third-order valence-corrected chi connectivity index (χ3v) is 2.95. The van der Waals surface area contributed by atoms with E-state index in [1.165, 1.54) is 19.3 Å². The van der Waals surface area contributed by atoms with E-state index in [9.17, 15) is 0 Å². The van der Waals surface area contributed by atoms with Gasteiger partial charge >= 0.3 is 0 Å². The molecule has 0 saturated heterocycles. The van der Waals surface area contributed by atoms with E-state index in [0.29, 0.717) is 5.92 Å². The molecule has 2 N–H and O–H groups in total. The van der Waals surface area contributed by atoms with Crippen LogP contribution in [0.15, 0.2) is 18.2 Å². The molecule has 72 valence electrons. The molecule has 2 heterocycles. The van der Waals surface area contributed by atoms with Gasteiger partial charge in [0.05, 0.1) is 0 Å². The van der Waals surface area contributed by atoms with Gasteiger partial charge in [0.15, 0.2) is 5.65 Å². The van der Waals surface area contributed by atoms with Crippen LogP contribution in [0.2, 0.25) is 0 Å². The van der Waals surface area contributed by atoms with Crippen molar-refractivity contribution >= 4 is 11.5 Å². The number of fused-ring (bicyclic) bond motifs is 1. The fraction of sp³-hybridized carbons (Fsp3) is 0.400. The van der Waals surface area contributed by atoms with Gasteiger partial charge in [0.25, 0.3) is 0 Å². The first-order chi connectivity index (χ1) is 6.86. The Balaban J connectivity index is 2.23. The van der Waals surface area contributed by atoms with Crippen LogP contribution in [0.25, 0.3) is 5.65 Å². The van der Waals surface area contributed by atoms with Crippen molar-refractivity contribution in [3.05, 3.63) is 24.0 Å². The standard InChI is InChI=1S/C10H12N4/c11-8-5-2-6-9-12-13-10(14(8)9)7-3-1-4-7/h2,5-7H,1,3-4,11H2. The number of nitrogens with zero attached hydrogens (tertiary/aromatic N) is 3. The molecular formula is C10H12N4. The Morgan fingerprint density at radius 1 is 1.29 bits per heavy atom. The normalized spacial score (nSPS) is 17.1. The SMILES string of the molecule is Nc1cccc2nnc(C3CCC3)n12. The first-order valence-corrected chi connectivity index (χ1v) is 4.96. The molecule has 0 spiro atoms. The second-order valence-electron chi connectivity index (χ2n) is 3.83. The van der Waals surface area contributed by atoms with Gasteiger partial charge in [0.1, 0.15) is 11.6 Å². The highest BCUT2D eigenvalue weighted by Crippen LogP contribution is 2.35. The lowest BCUT2D eigenvalue weighted by atomic mass is 9.85. The largest absolute Gasteiger partial charge is 0.385 e. The van der Waals surface area contributed by atoms with Gasteiger partial charge in [-0.2, -0.15) is 0 Å². The maximum absolute atomic E-state index is 5.90. The van der Waals surface area contributed by atoms with Crippen LogP contribution >= 0.6 is 0 Å². The van der Waals surface area contributed by atoms with Gasteiger partial charge in [-0.3, -0.25) is 4.40 Å². The maximum Gasteiger partial charge on any atom is 0.162 e. The molecule has 3 rings (SSSR count). The molecule has 0 unspecified atom stereocenters. The van der Waals surface area contributed by atoms with Crippen LogP contribution in [0.3, 0.4) is 0 Å². The van der Waals surface area contributed by atoms with E-state index in [-0.39, 0.29) is 0 Å². The Hall–Kier alpha value is -1.58. The number of pyridine rings is 1. The van der Waals surface area contributed by atoms with E-state index < -0.39 is 0 Å². The van der Waals surface area contributed by atoms with Crippen molar-refractivity contribution in [3.8, 4) is 0 Å². The van der Waals surface area contributed by atoms with Crippen molar-refractivity contribution in [2.45, 2.75) is 25.2 Å². The molecule has 4 heteroatoms. The van der Waals surface area contributed by atoms with E-state index in [0.717, 1.165) is 17.3 Å². The summed E-state index contributed by atoms with van der Waals surface area (Å²) in [6, 6.07) is 5.73. The fourth-order valence-electron chi connectivity index (χ4n) is 1.92. The lowest BCUT2D eigenvalue weighted by Gasteiger charge is -2.23. The summed E-state index contributed by atoms with van der Waals surface area (Å²) in [4.78, 5) is 0. The second kappa shape index (κ2) is 2.70. The number of rotatable bonds is 1. The molecule has 14 heavy (non-hydrogen) atoms. The predicted octanol–water partition coefficient (Wildman–Crippen LogP) is 1.58. The predicted molar refractivity (Wildman–Crippen MR) is 54.0 cm³/mol. The quantitative estimate of drug-likeness (QED) is 0.739. The second-order valence-corrected chi connectivity index (χ2v) is 3.83. The number of nitrogen functional groups attached to an aromatic ring is 1. The van der Waals surface area contributed by atoms with E-state index >= 15 is 0 Å². The molecule has 0 amide bonds. The Bertz CT molecular complexity index is 470. The van der Waals surface area contributed by atoms with Crippen molar-refractivity contribution in [1.82, 2.24) is 14.6 Å². The van der Waals surface area contributed by atoms with Crippen molar-refractivity contribution in [3.63, 3.8) is 0 Å². The molecule has 1 aliphatic carbocycles. The first-order valence-electron chi connectivity index (χ1n) is 4.96. The number of hydrogen-bond donors (Lipinski definition) is 1. The molecule has 2 aromatic heterocycles. The fourth-order valence-corrected chi connectivity index (χ4v) is 1.92. The smallest absolute Gasteiger partial charge is 0.162 e. The summed E-state index contributed by atoms with van der Waals surface area (Å²) in [6.45, 7) is 0. The van der Waals surface area contributed by atoms with Crippen LogP contribution in [0.4, 0.5) is 5.82 Å². The minimum atomic E-state index is 0.565. The van der Waals surface area contributed by atoms with Crippen LogP contribution in [0, 0.1) is 0 Å². The van der Waals surface area contributed by atoms with Crippen LogP contribution in [-0.4, -0.2) is 14.6 Å². The van der Waals surface area contributed by atoms with Gasteiger partial charge < -0.3 is 5.73 Å². The van der Waals surface area contributed by atoms with Gasteiger partial charge in [-0.1, -0.05) is 12.5 Å². The number of aromatic nitrogens is 3. The molecule has 2 aromatic rings. The lowest BCUT2D eigenvalue weighted by Crippen LogP contribution is -2.13. The monoisotopic (exact) mass is 188 g/mol. The summed E-state index contributed by atoms with van der Waals surface area (Å²) < 4.78 is 1.96. The molecule has 0 aromatic carbocycles. The van der Waals surface area contributed by atoms with Gasteiger partial charge in [0.2, 0.25) is 0 Å². The zero-order chi connectivity index (χ0) is 9.54. The molecule has 1 saturated carbocycles. The van der Waals surface area contributed by atoms with Gasteiger partial charge in [0, 0.05) is 5.92 Å². The van der Waals surface area contributed by atoms with Crippen molar-refractivity contribution in [2.24, 2.45) is 0 Å². The summed E-state index contributed by atoms with van der Waals surface area (Å²) in [6.07, 6.45) is 3.73. The number of hydrogen-bond acceptors (Lipinski definition) is 3. The van der Waals surface area contributed by atoms with Gasteiger partial charge in [-0.15, -0.1) is 10.2 Å². The Kier molecular flexibility index (Phi) is 1.50. The van der Waals surface area contributed by atoms with E-state index in [1.54, 1.807) is 0 Å². The maximum atomic E-state index is 5.90. The highest BCUT2D eigenvalue weighted by molar-refractivity contribution is 5.48. The Labute approximate surface area is 81.8 Å². The average molecular weight is 188 g/mol. The van der Waals surface area contributed by atoms with Crippen LogP contribution in [0.1, 0.15) is 31.0 Å². The molecule has 0 aliphatic heterocycles. The molecule has 4 nitrogen and oxygen atoms in total. The molecule has 0 atom stereocenters. The van der Waals surface area contributed by atoms with E-state index in [4.69, 9.17) is 5.73 Å². The first kappa shape index (κ1) is 7.79. The minimum Gasteiger partial charge on any atom is -0.385 e. The van der Waals surface area contributed by atoms with Gasteiger partial charge in [-0.05, 0) is 25.0 Å². The number of nitrogens with two attached hydrogens (primary N) is 1. The summed E-state index contributed by atoms with van der Waals surface area (Å²) in [5.74, 6) is 2.33. The van der Waals surface area contributed by atoms with Crippen molar-refractivity contribution < 1.29 is 0 Å². The van der Waals surface area contributed by atoms with Gasteiger partial charge in [-0.25, -0.2) is 0 Å². The Morgan fingerprint density at radius 3 is 2.86 bits per heavy atom. The summed E-state index contributed by atoms with van der Waals surface area (Å²) >= 11 is 0. The molecule has 1 fully saturated rings. The van der Waals surface area contributed by atoms with Crippen LogP contribution in [0.5, 0.6) is 0 Å². The average Bonchev–Trinajstić information content (AvgIpc) is 2.47. The third kappa shape index (κ3) is 0.937. The van der Waals surface area contributed by atoms with Crippen LogP contribution in [-0.2, 0) is 0 Å². The minimum absolute atomic E-state index is 0.565. The zero-order valence-corrected chi connectivity index (χ0v) is 7.85. The van der Waals surface area contributed by atoms with E-state index in [2.05, 4.69) is 10.2 Å². The molecule has 1 aliphatic rings. The topological polar surface area (TPSA) is 56.2 Å². The van der Waals surface area contributed by atoms with Crippen molar-refractivity contribution in [2.75, 3.05) is 5.73 Å². The molecule has 0 radical (unpaired) electrons.